The number of nitrogens with one attached hydrogen (secondary N) is 2. The van der Waals surface area contributed by atoms with Gasteiger partial charge in [-0.15, -0.1) is 0 Å². The van der Waals surface area contributed by atoms with Gasteiger partial charge < -0.3 is 20.3 Å². The molecule has 1 aromatic rings. The van der Waals surface area contributed by atoms with Gasteiger partial charge in [0.25, 0.3) is 0 Å². The van der Waals surface area contributed by atoms with Crippen LogP contribution in [-0.4, -0.2) is 81.7 Å². The quantitative estimate of drug-likeness (QED) is 0.275. The summed E-state index contributed by atoms with van der Waals surface area (Å²) in [6, 6.07) is 2.50. The maximum Gasteiger partial charge on any atom is 0.416 e. The predicted octanol–water partition coefficient (Wildman–Crippen LogP) is 1.69. The van der Waals surface area contributed by atoms with Crippen molar-refractivity contribution in [3.63, 3.8) is 0 Å². The van der Waals surface area contributed by atoms with Crippen LogP contribution < -0.4 is 10.6 Å². The first-order valence-electron chi connectivity index (χ1n) is 10.0. The molecule has 7 nitrogen and oxygen atoms in total. The maximum atomic E-state index is 13.3. The summed E-state index contributed by atoms with van der Waals surface area (Å²) >= 11 is 0. The van der Waals surface area contributed by atoms with Gasteiger partial charge in [-0.2, -0.15) is 13.2 Å². The molecule has 11 heteroatoms. The highest BCUT2D eigenvalue weighted by molar-refractivity contribution is 5.86. The van der Waals surface area contributed by atoms with Crippen molar-refractivity contribution in [2.75, 3.05) is 60.0 Å². The highest BCUT2D eigenvalue weighted by atomic mass is 19.4. The molecular weight excluding hydrogens is 418 g/mol. The van der Waals surface area contributed by atoms with Gasteiger partial charge in [-0.05, 0) is 30.7 Å². The molecule has 174 valence electrons. The molecule has 1 aliphatic rings. The average molecular weight is 447 g/mol. The molecule has 2 N–H and O–H groups in total. The van der Waals surface area contributed by atoms with Gasteiger partial charge >= 0.3 is 6.18 Å². The summed E-state index contributed by atoms with van der Waals surface area (Å²) in [5, 5.41) is 5.89. The lowest BCUT2D eigenvalue weighted by molar-refractivity contribution is -0.138. The molecule has 0 bridgehead atoms. The van der Waals surface area contributed by atoms with E-state index < -0.39 is 17.6 Å². The summed E-state index contributed by atoms with van der Waals surface area (Å²) in [4.78, 5) is 19.7. The highest BCUT2D eigenvalue weighted by Crippen LogP contribution is 2.32. The van der Waals surface area contributed by atoms with Crippen molar-refractivity contribution in [2.45, 2.75) is 19.1 Å². The summed E-state index contributed by atoms with van der Waals surface area (Å²) in [7, 11) is 3.20. The second kappa shape index (κ2) is 11.8. The van der Waals surface area contributed by atoms with Crippen LogP contribution in [0.3, 0.4) is 0 Å². The van der Waals surface area contributed by atoms with Crippen LogP contribution in [-0.2, 0) is 22.3 Å². The number of carbonyl (C=O) groups excluding carboxylic acids is 1. The van der Waals surface area contributed by atoms with Gasteiger partial charge in [0.2, 0.25) is 5.91 Å². The average Bonchev–Trinajstić information content (AvgIpc) is 2.72. The molecule has 1 heterocycles. The van der Waals surface area contributed by atoms with Crippen LogP contribution in [0.2, 0.25) is 0 Å². The number of ether oxygens (including phenoxy) is 1. The zero-order chi connectivity index (χ0) is 22.9. The van der Waals surface area contributed by atoms with E-state index in [1.165, 1.54) is 4.90 Å². The summed E-state index contributed by atoms with van der Waals surface area (Å²) in [6.45, 7) is 4.12. The molecule has 2 rings (SSSR count). The van der Waals surface area contributed by atoms with Crippen LogP contribution in [0.25, 0.3) is 0 Å². The smallest absolute Gasteiger partial charge is 0.379 e. The van der Waals surface area contributed by atoms with E-state index in [0.717, 1.165) is 38.2 Å². The van der Waals surface area contributed by atoms with Crippen molar-refractivity contribution >= 4 is 11.9 Å². The Balaban J connectivity index is 2.01. The minimum Gasteiger partial charge on any atom is -0.379 e. The van der Waals surface area contributed by atoms with E-state index in [-0.39, 0.29) is 30.5 Å². The van der Waals surface area contributed by atoms with Gasteiger partial charge in [-0.1, -0.05) is 6.07 Å². The lowest BCUT2D eigenvalue weighted by Gasteiger charge is -2.26. The van der Waals surface area contributed by atoms with E-state index in [4.69, 9.17) is 4.74 Å². The van der Waals surface area contributed by atoms with E-state index >= 15 is 0 Å². The van der Waals surface area contributed by atoms with E-state index in [9.17, 15) is 22.4 Å². The molecule has 1 amide bonds. The lowest BCUT2D eigenvalue weighted by atomic mass is 10.1. The molecule has 0 unspecified atom stereocenters. The summed E-state index contributed by atoms with van der Waals surface area (Å²) in [6.07, 6.45) is -3.90. The number of halogens is 4. The van der Waals surface area contributed by atoms with Crippen LogP contribution in [0.1, 0.15) is 17.5 Å². The largest absolute Gasteiger partial charge is 0.416 e. The molecule has 0 spiro atoms. The third-order valence-corrected chi connectivity index (χ3v) is 4.74. The van der Waals surface area contributed by atoms with Crippen molar-refractivity contribution in [2.24, 2.45) is 4.99 Å². The number of rotatable bonds is 8. The molecule has 0 aliphatic carbocycles. The zero-order valence-corrected chi connectivity index (χ0v) is 17.8. The predicted molar refractivity (Wildman–Crippen MR) is 109 cm³/mol. The van der Waals surface area contributed by atoms with E-state index in [1.54, 1.807) is 14.1 Å². The molecule has 0 saturated carbocycles. The van der Waals surface area contributed by atoms with Crippen LogP contribution in [0.15, 0.2) is 23.2 Å². The Morgan fingerprint density at radius 3 is 2.58 bits per heavy atom. The Morgan fingerprint density at radius 2 is 1.94 bits per heavy atom. The molecule has 0 aromatic heterocycles. The maximum absolute atomic E-state index is 13.3. The molecule has 1 aromatic carbocycles. The number of likely N-dealkylation sites (N-methyl/N-ethyl adjacent to an activating group) is 1. The molecule has 1 saturated heterocycles. The second-order valence-electron chi connectivity index (χ2n) is 7.34. The van der Waals surface area contributed by atoms with E-state index in [1.807, 2.05) is 0 Å². The Labute approximate surface area is 179 Å². The van der Waals surface area contributed by atoms with Crippen molar-refractivity contribution in [3.8, 4) is 0 Å². The van der Waals surface area contributed by atoms with E-state index in [2.05, 4.69) is 20.5 Å². The van der Waals surface area contributed by atoms with Crippen molar-refractivity contribution in [1.29, 1.82) is 0 Å². The first-order valence-corrected chi connectivity index (χ1v) is 10.0. The zero-order valence-electron chi connectivity index (χ0n) is 17.8. The SMILES string of the molecule is CN(C)C(=O)CNC(=NCc1ccc(F)cc1C(F)(F)F)NCCCN1CCOCC1. The molecular formula is C20H29F4N5O2. The summed E-state index contributed by atoms with van der Waals surface area (Å²) in [5.74, 6) is -0.952. The van der Waals surface area contributed by atoms with Gasteiger partial charge in [-0.25, -0.2) is 9.38 Å². The highest BCUT2D eigenvalue weighted by Gasteiger charge is 2.33. The first kappa shape index (κ1) is 24.9. The number of alkyl halides is 3. The lowest BCUT2D eigenvalue weighted by Crippen LogP contribution is -2.44. The fourth-order valence-corrected chi connectivity index (χ4v) is 2.94. The third-order valence-electron chi connectivity index (χ3n) is 4.74. The summed E-state index contributed by atoms with van der Waals surface area (Å²) in [5.41, 5.74) is -1.21. The standard InChI is InChI=1S/C20H29F4N5O2/c1-28(2)18(30)14-27-19(25-6-3-7-29-8-10-31-11-9-29)26-13-15-4-5-16(21)12-17(15)20(22,23)24/h4-5,12H,3,6-11,13-14H2,1-2H3,(H2,25,26,27). The Hall–Kier alpha value is -2.40. The van der Waals surface area contributed by atoms with Gasteiger partial charge in [0.1, 0.15) is 5.82 Å². The Morgan fingerprint density at radius 1 is 1.23 bits per heavy atom. The van der Waals surface area contributed by atoms with Gasteiger partial charge in [-0.3, -0.25) is 9.69 Å². The topological polar surface area (TPSA) is 69.2 Å². The first-order chi connectivity index (χ1) is 14.7. The number of hydrogen-bond acceptors (Lipinski definition) is 4. The van der Waals surface area contributed by atoms with Gasteiger partial charge in [0.05, 0.1) is 31.9 Å². The van der Waals surface area contributed by atoms with Crippen molar-refractivity contribution in [3.05, 3.63) is 35.1 Å². The Bertz CT molecular complexity index is 750. The van der Waals surface area contributed by atoms with Gasteiger partial charge in [0, 0.05) is 33.7 Å². The monoisotopic (exact) mass is 447 g/mol. The molecule has 0 radical (unpaired) electrons. The van der Waals surface area contributed by atoms with Crippen LogP contribution in [0.4, 0.5) is 17.6 Å². The van der Waals surface area contributed by atoms with Crippen LogP contribution >= 0.6 is 0 Å². The molecule has 0 atom stereocenters. The number of morpholine rings is 1. The fourth-order valence-electron chi connectivity index (χ4n) is 2.94. The molecule has 31 heavy (non-hydrogen) atoms. The molecule has 1 fully saturated rings. The van der Waals surface area contributed by atoms with E-state index in [0.29, 0.717) is 25.8 Å². The van der Waals surface area contributed by atoms with Crippen molar-refractivity contribution in [1.82, 2.24) is 20.4 Å². The minimum atomic E-state index is -4.69. The molecule has 1 aliphatic heterocycles. The minimum absolute atomic E-state index is 0.0577. The fraction of sp³-hybridized carbons (Fsp3) is 0.600. The van der Waals surface area contributed by atoms with Crippen LogP contribution in [0, 0.1) is 5.82 Å². The number of aliphatic imine (C=N–C) groups is 1. The number of guanidine groups is 1. The number of benzene rings is 1. The second-order valence-corrected chi connectivity index (χ2v) is 7.34. The van der Waals surface area contributed by atoms with Crippen LogP contribution in [0.5, 0.6) is 0 Å². The number of carbonyl (C=O) groups is 1. The number of hydrogen-bond donors (Lipinski definition) is 2. The Kier molecular flexibility index (Phi) is 9.50. The normalized spacial score (nSPS) is 15.6. The summed E-state index contributed by atoms with van der Waals surface area (Å²) < 4.78 is 58.2. The third kappa shape index (κ3) is 8.70. The number of amides is 1. The van der Waals surface area contributed by atoms with Gasteiger partial charge in [0.15, 0.2) is 5.96 Å². The number of nitrogens with zero attached hydrogens (tertiary/aromatic N) is 3. The van der Waals surface area contributed by atoms with Crippen molar-refractivity contribution < 1.29 is 27.1 Å².